The first-order chi connectivity index (χ1) is 13.4. The lowest BCUT2D eigenvalue weighted by atomic mass is 9.79. The number of rotatable bonds is 7. The maximum Gasteiger partial charge on any atom is 0.312 e. The Morgan fingerprint density at radius 3 is 1.39 bits per heavy atom. The fourth-order valence-electron chi connectivity index (χ4n) is 3.14. The third-order valence-corrected chi connectivity index (χ3v) is 5.75. The van der Waals surface area contributed by atoms with E-state index in [9.17, 15) is 9.90 Å². The Kier molecular flexibility index (Phi) is 5.92. The van der Waals surface area contributed by atoms with E-state index in [4.69, 9.17) is 4.74 Å². The lowest BCUT2D eigenvalue weighted by Crippen LogP contribution is -2.43. The number of ether oxygens (including phenoxy) is 1. The molecule has 0 saturated heterocycles. The highest BCUT2D eigenvalue weighted by atomic mass is 32.1. The number of carbonyl (C=O) groups is 1. The third kappa shape index (κ3) is 3.71. The van der Waals surface area contributed by atoms with Crippen molar-refractivity contribution in [2.45, 2.75) is 24.9 Å². The van der Waals surface area contributed by atoms with E-state index in [1.807, 2.05) is 91.0 Å². The van der Waals surface area contributed by atoms with Gasteiger partial charge < -0.3 is 9.84 Å². The molecule has 0 saturated carbocycles. The lowest BCUT2D eigenvalue weighted by molar-refractivity contribution is -0.155. The van der Waals surface area contributed by atoms with Crippen molar-refractivity contribution in [2.24, 2.45) is 5.41 Å². The fraction of sp³-hybridized carbons (Fsp3) is 0.208. The van der Waals surface area contributed by atoms with Gasteiger partial charge >= 0.3 is 5.97 Å². The van der Waals surface area contributed by atoms with Gasteiger partial charge in [-0.25, -0.2) is 0 Å². The molecule has 28 heavy (non-hydrogen) atoms. The van der Waals surface area contributed by atoms with E-state index in [-0.39, 0.29) is 0 Å². The maximum absolute atomic E-state index is 11.8. The average Bonchev–Trinajstić information content (AvgIpc) is 2.73. The average molecular weight is 393 g/mol. The van der Waals surface area contributed by atoms with Crippen molar-refractivity contribution in [1.29, 1.82) is 0 Å². The zero-order valence-corrected chi connectivity index (χ0v) is 16.8. The van der Waals surface area contributed by atoms with Crippen molar-refractivity contribution in [2.75, 3.05) is 0 Å². The van der Waals surface area contributed by atoms with Gasteiger partial charge in [0.1, 0.15) is 11.0 Å². The minimum Gasteiger partial charge on any atom is -0.481 e. The normalized spacial score (nSPS) is 13.1. The van der Waals surface area contributed by atoms with Crippen molar-refractivity contribution >= 4 is 18.6 Å². The van der Waals surface area contributed by atoms with Gasteiger partial charge in [-0.3, -0.25) is 4.79 Å². The van der Waals surface area contributed by atoms with Crippen LogP contribution in [0.25, 0.3) is 0 Å². The summed E-state index contributed by atoms with van der Waals surface area (Å²) in [5, 5.41) is 9.69. The van der Waals surface area contributed by atoms with Gasteiger partial charge in [0.05, 0.1) is 5.41 Å². The molecule has 0 aliphatic carbocycles. The molecule has 1 unspecified atom stereocenters. The van der Waals surface area contributed by atoms with E-state index >= 15 is 0 Å². The number of carboxylic acid groups (broad SMARTS) is 1. The highest BCUT2D eigenvalue weighted by Gasteiger charge is 2.45. The van der Waals surface area contributed by atoms with Crippen molar-refractivity contribution in [1.82, 2.24) is 0 Å². The lowest BCUT2D eigenvalue weighted by Gasteiger charge is -2.40. The van der Waals surface area contributed by atoms with Crippen molar-refractivity contribution in [3.8, 4) is 0 Å². The second-order valence-electron chi connectivity index (χ2n) is 7.28. The minimum absolute atomic E-state index is 0.856. The maximum atomic E-state index is 11.8. The highest BCUT2D eigenvalue weighted by molar-refractivity contribution is 7.80. The van der Waals surface area contributed by atoms with Crippen LogP contribution in [0.15, 0.2) is 91.0 Å². The van der Waals surface area contributed by atoms with E-state index in [1.54, 1.807) is 13.8 Å². The Bertz CT molecular complexity index is 812. The predicted molar refractivity (Wildman–Crippen MR) is 114 cm³/mol. The van der Waals surface area contributed by atoms with E-state index in [0.717, 1.165) is 16.7 Å². The fourth-order valence-corrected chi connectivity index (χ4v) is 3.41. The summed E-state index contributed by atoms with van der Waals surface area (Å²) >= 11 is 4.59. The van der Waals surface area contributed by atoms with Gasteiger partial charge in [0.15, 0.2) is 0 Å². The van der Waals surface area contributed by atoms with Gasteiger partial charge in [0, 0.05) is 0 Å². The molecule has 0 spiro atoms. The second-order valence-corrected chi connectivity index (χ2v) is 7.75. The van der Waals surface area contributed by atoms with Crippen LogP contribution in [0, 0.1) is 5.41 Å². The summed E-state index contributed by atoms with van der Waals surface area (Å²) in [5.41, 5.74) is -0.311. The number of carboxylic acids is 1. The molecule has 1 atom stereocenters. The number of aliphatic carboxylic acids is 1. The molecule has 1 N–H and O–H groups in total. The number of thiol groups is 1. The Balaban J connectivity index is 2.27. The van der Waals surface area contributed by atoms with Crippen LogP contribution in [-0.4, -0.2) is 16.5 Å². The smallest absolute Gasteiger partial charge is 0.312 e. The monoisotopic (exact) mass is 392 g/mol. The molecular weight excluding hydrogens is 368 g/mol. The van der Waals surface area contributed by atoms with Crippen molar-refractivity contribution in [3.63, 3.8) is 0 Å². The largest absolute Gasteiger partial charge is 0.481 e. The molecule has 3 aromatic rings. The standard InChI is InChI=1S/C24H24O3S/c1-23(2,21(25)26)22(28)27-24(18-12-6-3-7-13-18,19-14-8-4-9-15-19)20-16-10-5-11-17-20/h3-17,22,28H,1-2H3,(H,25,26). The minimum atomic E-state index is -1.19. The van der Waals surface area contributed by atoms with Gasteiger partial charge in [-0.1, -0.05) is 91.0 Å². The molecule has 3 aromatic carbocycles. The summed E-state index contributed by atoms with van der Waals surface area (Å²) in [6, 6.07) is 29.5. The molecule has 0 aromatic heterocycles. The predicted octanol–water partition coefficient (Wildman–Crippen LogP) is 5.36. The van der Waals surface area contributed by atoms with Crippen molar-refractivity contribution < 1.29 is 14.6 Å². The summed E-state index contributed by atoms with van der Waals surface area (Å²) in [6.07, 6.45) is 0. The van der Waals surface area contributed by atoms with Crippen LogP contribution >= 0.6 is 12.6 Å². The first-order valence-corrected chi connectivity index (χ1v) is 9.66. The van der Waals surface area contributed by atoms with Crippen LogP contribution in [0.3, 0.4) is 0 Å². The first-order valence-electron chi connectivity index (χ1n) is 9.15. The Morgan fingerprint density at radius 1 is 0.786 bits per heavy atom. The molecule has 3 rings (SSSR count). The highest BCUT2D eigenvalue weighted by Crippen LogP contribution is 2.44. The Morgan fingerprint density at radius 2 is 1.11 bits per heavy atom. The number of hydrogen-bond acceptors (Lipinski definition) is 3. The molecule has 144 valence electrons. The zero-order chi connectivity index (χ0) is 20.2. The van der Waals surface area contributed by atoms with E-state index < -0.39 is 22.4 Å². The Hall–Kier alpha value is -2.56. The van der Waals surface area contributed by atoms with E-state index in [1.165, 1.54) is 0 Å². The van der Waals surface area contributed by atoms with E-state index in [0.29, 0.717) is 0 Å². The van der Waals surface area contributed by atoms with Crippen LogP contribution in [0.5, 0.6) is 0 Å². The zero-order valence-electron chi connectivity index (χ0n) is 15.9. The molecule has 0 fully saturated rings. The number of hydrogen-bond donors (Lipinski definition) is 2. The molecule has 3 nitrogen and oxygen atoms in total. The summed E-state index contributed by atoms with van der Waals surface area (Å²) in [7, 11) is 0. The number of benzene rings is 3. The van der Waals surface area contributed by atoms with Crippen LogP contribution < -0.4 is 0 Å². The van der Waals surface area contributed by atoms with Crippen LogP contribution in [0.2, 0.25) is 0 Å². The van der Waals surface area contributed by atoms with Gasteiger partial charge in [0.25, 0.3) is 0 Å². The summed E-state index contributed by atoms with van der Waals surface area (Å²) in [4.78, 5) is 11.8. The second kappa shape index (κ2) is 8.21. The molecule has 0 bridgehead atoms. The SMILES string of the molecule is CC(C)(C(=O)O)C(S)OC(c1ccccc1)(c1ccccc1)c1ccccc1. The molecular formula is C24H24O3S. The van der Waals surface area contributed by atoms with E-state index in [2.05, 4.69) is 12.6 Å². The third-order valence-electron chi connectivity index (χ3n) is 5.00. The molecule has 4 heteroatoms. The van der Waals surface area contributed by atoms with Crippen LogP contribution in [-0.2, 0) is 15.1 Å². The van der Waals surface area contributed by atoms with Crippen LogP contribution in [0.4, 0.5) is 0 Å². The molecule has 0 radical (unpaired) electrons. The van der Waals surface area contributed by atoms with Gasteiger partial charge in [0.2, 0.25) is 0 Å². The van der Waals surface area contributed by atoms with Crippen LogP contribution in [0.1, 0.15) is 30.5 Å². The molecule has 0 heterocycles. The summed E-state index contributed by atoms with van der Waals surface area (Å²) in [6.45, 7) is 3.25. The molecule has 0 aliphatic heterocycles. The quantitative estimate of drug-likeness (QED) is 0.323. The summed E-state index contributed by atoms with van der Waals surface area (Å²) in [5.74, 6) is -0.962. The summed E-state index contributed by atoms with van der Waals surface area (Å²) < 4.78 is 6.61. The first kappa shape index (κ1) is 20.2. The van der Waals surface area contributed by atoms with Gasteiger partial charge in [-0.2, -0.15) is 0 Å². The van der Waals surface area contributed by atoms with Gasteiger partial charge in [-0.15, -0.1) is 12.6 Å². The van der Waals surface area contributed by atoms with Gasteiger partial charge in [-0.05, 0) is 30.5 Å². The molecule has 0 amide bonds. The topological polar surface area (TPSA) is 46.5 Å². The van der Waals surface area contributed by atoms with Crippen molar-refractivity contribution in [3.05, 3.63) is 108 Å². The molecule has 0 aliphatic rings. The Labute approximate surface area is 171 Å².